The maximum atomic E-state index is 11.5. The average molecular weight is 263 g/mol. The second-order valence-electron chi connectivity index (χ2n) is 4.27. The summed E-state index contributed by atoms with van der Waals surface area (Å²) >= 11 is 0. The van der Waals surface area contributed by atoms with Crippen molar-refractivity contribution in [1.82, 2.24) is 0 Å². The largest absolute Gasteiger partial charge is 0.496 e. The Hall–Kier alpha value is -2.30. The van der Waals surface area contributed by atoms with Crippen molar-refractivity contribution in [2.75, 3.05) is 12.4 Å². The van der Waals surface area contributed by atoms with Crippen LogP contribution in [0.4, 0.5) is 5.69 Å². The standard InChI is InChI=1S/C14H17NO4/c1-9(2)11-8-10(4-5-12(11)19-3)15-13(16)6-7-14(17)18/h4-9H,1-3H3,(H,15,16)(H,17,18)/b7-6+. The predicted molar refractivity (Wildman–Crippen MR) is 72.5 cm³/mol. The van der Waals surface area contributed by atoms with E-state index in [0.29, 0.717) is 5.69 Å². The summed E-state index contributed by atoms with van der Waals surface area (Å²) in [7, 11) is 1.59. The van der Waals surface area contributed by atoms with E-state index in [1.807, 2.05) is 19.9 Å². The van der Waals surface area contributed by atoms with Crippen LogP contribution in [-0.4, -0.2) is 24.1 Å². The van der Waals surface area contributed by atoms with Crippen molar-refractivity contribution in [3.8, 4) is 5.75 Å². The lowest BCUT2D eigenvalue weighted by Gasteiger charge is -2.13. The molecule has 0 spiro atoms. The number of carbonyl (C=O) groups is 2. The SMILES string of the molecule is COc1ccc(NC(=O)/C=C/C(=O)O)cc1C(C)C. The summed E-state index contributed by atoms with van der Waals surface area (Å²) in [6, 6.07) is 5.29. The van der Waals surface area contributed by atoms with Gasteiger partial charge in [-0.05, 0) is 29.7 Å². The minimum atomic E-state index is -1.16. The number of benzene rings is 1. The molecule has 19 heavy (non-hydrogen) atoms. The first-order valence-corrected chi connectivity index (χ1v) is 5.84. The van der Waals surface area contributed by atoms with Crippen LogP contribution in [0.2, 0.25) is 0 Å². The topological polar surface area (TPSA) is 75.6 Å². The average Bonchev–Trinajstić information content (AvgIpc) is 2.36. The highest BCUT2D eigenvalue weighted by Crippen LogP contribution is 2.29. The number of anilines is 1. The van der Waals surface area contributed by atoms with Gasteiger partial charge in [0.15, 0.2) is 0 Å². The number of rotatable bonds is 5. The summed E-state index contributed by atoms with van der Waals surface area (Å²) in [4.78, 5) is 21.8. The molecule has 2 N–H and O–H groups in total. The Morgan fingerprint density at radius 2 is 2.00 bits per heavy atom. The highest BCUT2D eigenvalue weighted by atomic mass is 16.5. The van der Waals surface area contributed by atoms with Gasteiger partial charge >= 0.3 is 5.97 Å². The number of methoxy groups -OCH3 is 1. The lowest BCUT2D eigenvalue weighted by molar-refractivity contribution is -0.131. The number of amides is 1. The third-order valence-electron chi connectivity index (χ3n) is 2.50. The van der Waals surface area contributed by atoms with Crippen molar-refractivity contribution in [2.24, 2.45) is 0 Å². The van der Waals surface area contributed by atoms with Gasteiger partial charge in [0.1, 0.15) is 5.75 Å². The minimum Gasteiger partial charge on any atom is -0.496 e. The molecule has 1 amide bonds. The third-order valence-corrected chi connectivity index (χ3v) is 2.50. The van der Waals surface area contributed by atoms with E-state index in [9.17, 15) is 9.59 Å². The molecule has 5 nitrogen and oxygen atoms in total. The van der Waals surface area contributed by atoms with Gasteiger partial charge in [0.2, 0.25) is 5.91 Å². The van der Waals surface area contributed by atoms with E-state index in [1.54, 1.807) is 19.2 Å². The van der Waals surface area contributed by atoms with Gasteiger partial charge in [-0.2, -0.15) is 0 Å². The maximum absolute atomic E-state index is 11.5. The highest BCUT2D eigenvalue weighted by molar-refractivity contribution is 6.02. The number of hydrogen-bond acceptors (Lipinski definition) is 3. The number of ether oxygens (including phenoxy) is 1. The molecule has 0 aromatic heterocycles. The molecule has 0 radical (unpaired) electrons. The zero-order valence-electron chi connectivity index (χ0n) is 11.1. The normalized spacial score (nSPS) is 10.7. The summed E-state index contributed by atoms with van der Waals surface area (Å²) < 4.78 is 5.24. The van der Waals surface area contributed by atoms with Crippen molar-refractivity contribution in [1.29, 1.82) is 0 Å². The number of carbonyl (C=O) groups excluding carboxylic acids is 1. The zero-order valence-corrected chi connectivity index (χ0v) is 11.1. The van der Waals surface area contributed by atoms with Crippen LogP contribution >= 0.6 is 0 Å². The van der Waals surface area contributed by atoms with E-state index in [-0.39, 0.29) is 5.92 Å². The molecule has 0 aliphatic rings. The molecule has 102 valence electrons. The molecule has 1 aromatic carbocycles. The van der Waals surface area contributed by atoms with E-state index in [2.05, 4.69) is 5.32 Å². The van der Waals surface area contributed by atoms with Crippen LogP contribution in [0.25, 0.3) is 0 Å². The van der Waals surface area contributed by atoms with E-state index < -0.39 is 11.9 Å². The zero-order chi connectivity index (χ0) is 14.4. The Bertz CT molecular complexity index is 506. The van der Waals surface area contributed by atoms with Crippen molar-refractivity contribution in [2.45, 2.75) is 19.8 Å². The van der Waals surface area contributed by atoms with E-state index >= 15 is 0 Å². The van der Waals surface area contributed by atoms with Crippen LogP contribution in [0.1, 0.15) is 25.3 Å². The molecule has 0 saturated carbocycles. The predicted octanol–water partition coefficient (Wildman–Crippen LogP) is 2.40. The van der Waals surface area contributed by atoms with Crippen LogP contribution in [0, 0.1) is 0 Å². The first-order chi connectivity index (χ1) is 8.93. The molecular weight excluding hydrogens is 246 g/mol. The molecule has 0 atom stereocenters. The second-order valence-corrected chi connectivity index (χ2v) is 4.27. The summed E-state index contributed by atoms with van der Waals surface area (Å²) in [5.74, 6) is -0.634. The van der Waals surface area contributed by atoms with Gasteiger partial charge in [-0.1, -0.05) is 13.8 Å². The lowest BCUT2D eigenvalue weighted by atomic mass is 10.0. The van der Waals surface area contributed by atoms with E-state index in [1.165, 1.54) is 0 Å². The summed E-state index contributed by atoms with van der Waals surface area (Å²) in [5.41, 5.74) is 1.58. The molecule has 5 heteroatoms. The fraction of sp³-hybridized carbons (Fsp3) is 0.286. The van der Waals surface area contributed by atoms with Crippen molar-refractivity contribution in [3.05, 3.63) is 35.9 Å². The molecule has 0 unspecified atom stereocenters. The van der Waals surface area contributed by atoms with Crippen LogP contribution in [0.5, 0.6) is 5.75 Å². The summed E-state index contributed by atoms with van der Waals surface area (Å²) in [6.07, 6.45) is 1.77. The van der Waals surface area contributed by atoms with Crippen molar-refractivity contribution < 1.29 is 19.4 Å². The van der Waals surface area contributed by atoms with Crippen LogP contribution in [0.15, 0.2) is 30.4 Å². The number of aliphatic carboxylic acids is 1. The Kier molecular flexibility index (Phi) is 5.11. The molecule has 1 rings (SSSR count). The van der Waals surface area contributed by atoms with Gasteiger partial charge in [0, 0.05) is 17.8 Å². The third kappa shape index (κ3) is 4.46. The first kappa shape index (κ1) is 14.8. The molecule has 0 bridgehead atoms. The van der Waals surface area contributed by atoms with Gasteiger partial charge in [-0.15, -0.1) is 0 Å². The maximum Gasteiger partial charge on any atom is 0.328 e. The molecule has 0 heterocycles. The van der Waals surface area contributed by atoms with E-state index in [4.69, 9.17) is 9.84 Å². The fourth-order valence-corrected chi connectivity index (χ4v) is 1.59. The van der Waals surface area contributed by atoms with Gasteiger partial charge in [0.05, 0.1) is 7.11 Å². The molecule has 0 saturated heterocycles. The van der Waals surface area contributed by atoms with Crippen molar-refractivity contribution >= 4 is 17.6 Å². The van der Waals surface area contributed by atoms with Crippen molar-refractivity contribution in [3.63, 3.8) is 0 Å². The fourth-order valence-electron chi connectivity index (χ4n) is 1.59. The first-order valence-electron chi connectivity index (χ1n) is 5.84. The van der Waals surface area contributed by atoms with Gasteiger partial charge < -0.3 is 15.2 Å². The molecule has 0 aliphatic carbocycles. The number of carboxylic acid groups (broad SMARTS) is 1. The van der Waals surface area contributed by atoms with E-state index in [0.717, 1.165) is 23.5 Å². The molecule has 1 aromatic rings. The second kappa shape index (κ2) is 6.58. The Balaban J connectivity index is 2.88. The monoisotopic (exact) mass is 263 g/mol. The Labute approximate surface area is 111 Å². The molecule has 0 aliphatic heterocycles. The van der Waals surface area contributed by atoms with Crippen LogP contribution < -0.4 is 10.1 Å². The minimum absolute atomic E-state index is 0.251. The van der Waals surface area contributed by atoms with Gasteiger partial charge in [0.25, 0.3) is 0 Å². The quantitative estimate of drug-likeness (QED) is 0.800. The number of hydrogen-bond donors (Lipinski definition) is 2. The Morgan fingerprint density at radius 1 is 1.32 bits per heavy atom. The molecule has 0 fully saturated rings. The summed E-state index contributed by atoms with van der Waals surface area (Å²) in [5, 5.41) is 11.0. The van der Waals surface area contributed by atoms with Gasteiger partial charge in [-0.25, -0.2) is 4.79 Å². The highest BCUT2D eigenvalue weighted by Gasteiger charge is 2.09. The smallest absolute Gasteiger partial charge is 0.328 e. The number of carboxylic acids is 1. The van der Waals surface area contributed by atoms with Gasteiger partial charge in [-0.3, -0.25) is 4.79 Å². The molecular formula is C14H17NO4. The lowest BCUT2D eigenvalue weighted by Crippen LogP contribution is -2.09. The Morgan fingerprint density at radius 3 is 2.53 bits per heavy atom. The van der Waals surface area contributed by atoms with Crippen LogP contribution in [0.3, 0.4) is 0 Å². The van der Waals surface area contributed by atoms with Crippen LogP contribution in [-0.2, 0) is 9.59 Å². The summed E-state index contributed by atoms with van der Waals surface area (Å²) in [6.45, 7) is 4.04. The number of nitrogens with one attached hydrogen (secondary N) is 1.